The third-order valence-corrected chi connectivity index (χ3v) is 2.82. The van der Waals surface area contributed by atoms with E-state index in [2.05, 4.69) is 0 Å². The van der Waals surface area contributed by atoms with Crippen molar-refractivity contribution in [3.8, 4) is 5.75 Å². The van der Waals surface area contributed by atoms with Gasteiger partial charge in [-0.2, -0.15) is 0 Å². The number of methoxy groups -OCH3 is 1. The average Bonchev–Trinajstić information content (AvgIpc) is 2.40. The number of carbonyl (C=O) groups excluding carboxylic acids is 1. The molecule has 6 heteroatoms. The van der Waals surface area contributed by atoms with Gasteiger partial charge in [-0.15, -0.1) is 12.4 Å². The Morgan fingerprint density at radius 1 is 1.40 bits per heavy atom. The highest BCUT2D eigenvalue weighted by Crippen LogP contribution is 2.15. The summed E-state index contributed by atoms with van der Waals surface area (Å²) in [5.74, 6) is 0.694. The number of nitrogens with zero attached hydrogens (tertiary/aromatic N) is 1. The summed E-state index contributed by atoms with van der Waals surface area (Å²) in [5, 5.41) is 0. The van der Waals surface area contributed by atoms with Crippen molar-refractivity contribution < 1.29 is 14.3 Å². The minimum atomic E-state index is -0.617. The molecule has 0 saturated heterocycles. The van der Waals surface area contributed by atoms with Gasteiger partial charge in [-0.3, -0.25) is 4.79 Å². The first-order valence-electron chi connectivity index (χ1n) is 6.24. The van der Waals surface area contributed by atoms with Crippen LogP contribution in [0.25, 0.3) is 0 Å². The minimum Gasteiger partial charge on any atom is -0.491 e. The van der Waals surface area contributed by atoms with Crippen LogP contribution in [0.3, 0.4) is 0 Å². The summed E-state index contributed by atoms with van der Waals surface area (Å²) in [6.45, 7) is 3.14. The third-order valence-electron chi connectivity index (χ3n) is 2.82. The lowest BCUT2D eigenvalue weighted by Gasteiger charge is -2.21. The Morgan fingerprint density at radius 3 is 2.65 bits per heavy atom. The van der Waals surface area contributed by atoms with Crippen LogP contribution in [0.2, 0.25) is 0 Å². The van der Waals surface area contributed by atoms with Crippen molar-refractivity contribution in [2.45, 2.75) is 13.0 Å². The van der Waals surface area contributed by atoms with E-state index in [0.717, 1.165) is 11.3 Å². The number of carbonyl (C=O) groups is 1. The van der Waals surface area contributed by atoms with Crippen LogP contribution in [-0.4, -0.2) is 50.8 Å². The smallest absolute Gasteiger partial charge is 0.241 e. The predicted octanol–water partition coefficient (Wildman–Crippen LogP) is 1.23. The second kappa shape index (κ2) is 9.58. The Morgan fingerprint density at radius 2 is 2.05 bits per heavy atom. The number of halogens is 1. The van der Waals surface area contributed by atoms with Crippen LogP contribution in [0, 0.1) is 6.92 Å². The fourth-order valence-electron chi connectivity index (χ4n) is 1.66. The maximum Gasteiger partial charge on any atom is 0.241 e. The van der Waals surface area contributed by atoms with Gasteiger partial charge < -0.3 is 20.1 Å². The first-order chi connectivity index (χ1) is 9.06. The van der Waals surface area contributed by atoms with Gasteiger partial charge >= 0.3 is 0 Å². The van der Waals surface area contributed by atoms with Gasteiger partial charge in [0.1, 0.15) is 18.4 Å². The van der Waals surface area contributed by atoms with Gasteiger partial charge in [-0.05, 0) is 18.6 Å². The Kier molecular flexibility index (Phi) is 8.96. The van der Waals surface area contributed by atoms with Crippen LogP contribution >= 0.6 is 12.4 Å². The number of benzene rings is 1. The molecular weight excluding hydrogens is 280 g/mol. The molecule has 0 spiro atoms. The maximum atomic E-state index is 11.8. The number of para-hydroxylation sites is 1. The molecule has 0 fully saturated rings. The van der Waals surface area contributed by atoms with E-state index in [4.69, 9.17) is 15.2 Å². The lowest BCUT2D eigenvalue weighted by molar-refractivity contribution is -0.132. The summed E-state index contributed by atoms with van der Waals surface area (Å²) in [4.78, 5) is 13.4. The summed E-state index contributed by atoms with van der Waals surface area (Å²) in [7, 11) is 3.23. The molecule has 0 aliphatic heterocycles. The molecule has 0 bridgehead atoms. The molecule has 1 atom stereocenters. The fourth-order valence-corrected chi connectivity index (χ4v) is 1.66. The van der Waals surface area contributed by atoms with E-state index in [-0.39, 0.29) is 24.9 Å². The summed E-state index contributed by atoms with van der Waals surface area (Å²) in [6, 6.07) is 7.16. The molecule has 0 saturated carbocycles. The normalized spacial score (nSPS) is 11.4. The van der Waals surface area contributed by atoms with Crippen molar-refractivity contribution >= 4 is 18.3 Å². The SMILES string of the molecule is COCC(N)C(=O)N(C)CCOc1ccccc1C.Cl. The number of rotatable bonds is 7. The molecule has 0 heterocycles. The molecule has 0 aromatic heterocycles. The van der Waals surface area contributed by atoms with E-state index < -0.39 is 6.04 Å². The van der Waals surface area contributed by atoms with Gasteiger partial charge in [0.15, 0.2) is 0 Å². The lowest BCUT2D eigenvalue weighted by atomic mass is 10.2. The summed E-state index contributed by atoms with van der Waals surface area (Å²) >= 11 is 0. The molecule has 1 aromatic rings. The third kappa shape index (κ3) is 5.77. The van der Waals surface area contributed by atoms with Crippen LogP contribution in [0.15, 0.2) is 24.3 Å². The Balaban J connectivity index is 0.00000361. The van der Waals surface area contributed by atoms with E-state index in [1.807, 2.05) is 31.2 Å². The lowest BCUT2D eigenvalue weighted by Crippen LogP contribution is -2.45. The quantitative estimate of drug-likeness (QED) is 0.823. The summed E-state index contributed by atoms with van der Waals surface area (Å²) in [5.41, 5.74) is 6.76. The molecule has 1 amide bonds. The van der Waals surface area contributed by atoms with Crippen molar-refractivity contribution in [1.82, 2.24) is 4.90 Å². The zero-order valence-corrected chi connectivity index (χ0v) is 13.0. The average molecular weight is 303 g/mol. The molecule has 0 radical (unpaired) electrons. The molecule has 0 aliphatic carbocycles. The first kappa shape index (κ1) is 18.7. The van der Waals surface area contributed by atoms with Crippen molar-refractivity contribution in [1.29, 1.82) is 0 Å². The fraction of sp³-hybridized carbons (Fsp3) is 0.500. The van der Waals surface area contributed by atoms with Gasteiger partial charge in [0.25, 0.3) is 0 Å². The van der Waals surface area contributed by atoms with Crippen LogP contribution < -0.4 is 10.5 Å². The number of aryl methyl sites for hydroxylation is 1. The zero-order chi connectivity index (χ0) is 14.3. The van der Waals surface area contributed by atoms with E-state index in [9.17, 15) is 4.79 Å². The molecule has 2 N–H and O–H groups in total. The number of amides is 1. The molecule has 1 aromatic carbocycles. The molecule has 114 valence electrons. The van der Waals surface area contributed by atoms with E-state index in [1.54, 1.807) is 11.9 Å². The maximum absolute atomic E-state index is 11.8. The Bertz CT molecular complexity index is 415. The standard InChI is InChI=1S/C14H22N2O3.ClH/c1-11-6-4-5-7-13(11)19-9-8-16(2)14(17)12(15)10-18-3;/h4-7,12H,8-10,15H2,1-3H3;1H. The number of nitrogens with two attached hydrogens (primary N) is 1. The van der Waals surface area contributed by atoms with Crippen LogP contribution in [-0.2, 0) is 9.53 Å². The second-order valence-corrected chi connectivity index (χ2v) is 4.44. The van der Waals surface area contributed by atoms with Crippen LogP contribution in [0.5, 0.6) is 5.75 Å². The highest BCUT2D eigenvalue weighted by molar-refractivity contribution is 5.85. The van der Waals surface area contributed by atoms with E-state index in [1.165, 1.54) is 7.11 Å². The highest BCUT2D eigenvalue weighted by atomic mass is 35.5. The Hall–Kier alpha value is -1.30. The molecular formula is C14H23ClN2O3. The summed E-state index contributed by atoms with van der Waals surface area (Å²) in [6.07, 6.45) is 0. The van der Waals surface area contributed by atoms with Crippen molar-refractivity contribution in [3.05, 3.63) is 29.8 Å². The number of hydrogen-bond donors (Lipinski definition) is 1. The second-order valence-electron chi connectivity index (χ2n) is 4.44. The van der Waals surface area contributed by atoms with E-state index >= 15 is 0 Å². The molecule has 20 heavy (non-hydrogen) atoms. The van der Waals surface area contributed by atoms with Crippen LogP contribution in [0.4, 0.5) is 0 Å². The topological polar surface area (TPSA) is 64.8 Å². The Labute approximate surface area is 126 Å². The van der Waals surface area contributed by atoms with Gasteiger partial charge in [-0.25, -0.2) is 0 Å². The molecule has 1 unspecified atom stereocenters. The zero-order valence-electron chi connectivity index (χ0n) is 12.2. The van der Waals surface area contributed by atoms with Crippen molar-refractivity contribution in [2.75, 3.05) is 33.9 Å². The predicted molar refractivity (Wildman–Crippen MR) is 81.4 cm³/mol. The number of likely N-dealkylation sites (N-methyl/N-ethyl adjacent to an activating group) is 1. The van der Waals surface area contributed by atoms with Gasteiger partial charge in [0.2, 0.25) is 5.91 Å². The van der Waals surface area contributed by atoms with Crippen molar-refractivity contribution in [2.24, 2.45) is 5.73 Å². The van der Waals surface area contributed by atoms with E-state index in [0.29, 0.717) is 13.2 Å². The molecule has 5 nitrogen and oxygen atoms in total. The van der Waals surface area contributed by atoms with Gasteiger partial charge in [0, 0.05) is 14.2 Å². The number of ether oxygens (including phenoxy) is 2. The van der Waals surface area contributed by atoms with Gasteiger partial charge in [0.05, 0.1) is 13.2 Å². The minimum absolute atomic E-state index is 0. The first-order valence-corrected chi connectivity index (χ1v) is 6.24. The molecule has 1 rings (SSSR count). The molecule has 0 aliphatic rings. The monoisotopic (exact) mass is 302 g/mol. The number of hydrogen-bond acceptors (Lipinski definition) is 4. The van der Waals surface area contributed by atoms with Gasteiger partial charge in [-0.1, -0.05) is 18.2 Å². The van der Waals surface area contributed by atoms with Crippen molar-refractivity contribution in [3.63, 3.8) is 0 Å². The highest BCUT2D eigenvalue weighted by Gasteiger charge is 2.17. The largest absolute Gasteiger partial charge is 0.491 e. The summed E-state index contributed by atoms with van der Waals surface area (Å²) < 4.78 is 10.5. The van der Waals surface area contributed by atoms with Crippen LogP contribution in [0.1, 0.15) is 5.56 Å².